The van der Waals surface area contributed by atoms with Gasteiger partial charge < -0.3 is 19.9 Å². The lowest BCUT2D eigenvalue weighted by atomic mass is 10.1. The molecular formula is C18H20N4O3. The molecule has 0 bridgehead atoms. The van der Waals surface area contributed by atoms with Gasteiger partial charge in [-0.3, -0.25) is 5.10 Å². The summed E-state index contributed by atoms with van der Waals surface area (Å²) in [5.74, 6) is 3.12. The van der Waals surface area contributed by atoms with Crippen LogP contribution in [0.3, 0.4) is 0 Å². The molecule has 3 rings (SSSR count). The Balaban J connectivity index is 1.88. The number of nitrogens with one attached hydrogen (secondary N) is 1. The van der Waals surface area contributed by atoms with E-state index in [4.69, 9.17) is 19.9 Å². The van der Waals surface area contributed by atoms with Crippen molar-refractivity contribution in [2.24, 2.45) is 5.73 Å². The summed E-state index contributed by atoms with van der Waals surface area (Å²) in [6, 6.07) is 12.6. The van der Waals surface area contributed by atoms with E-state index in [0.717, 1.165) is 16.9 Å². The second-order valence-electron chi connectivity index (χ2n) is 5.37. The Kier molecular flexibility index (Phi) is 4.85. The molecule has 3 aromatic rings. The van der Waals surface area contributed by atoms with E-state index < -0.39 is 6.04 Å². The van der Waals surface area contributed by atoms with Crippen molar-refractivity contribution < 1.29 is 14.2 Å². The molecule has 0 unspecified atom stereocenters. The van der Waals surface area contributed by atoms with E-state index >= 15 is 0 Å². The van der Waals surface area contributed by atoms with Crippen LogP contribution in [-0.4, -0.2) is 36.5 Å². The number of aromatic nitrogens is 3. The van der Waals surface area contributed by atoms with Gasteiger partial charge >= 0.3 is 0 Å². The third kappa shape index (κ3) is 3.41. The van der Waals surface area contributed by atoms with E-state index in [-0.39, 0.29) is 0 Å². The van der Waals surface area contributed by atoms with Crippen molar-refractivity contribution in [3.05, 3.63) is 53.9 Å². The normalized spacial score (nSPS) is 11.8. The molecule has 0 saturated carbocycles. The van der Waals surface area contributed by atoms with Crippen LogP contribution >= 0.6 is 0 Å². The fourth-order valence-electron chi connectivity index (χ4n) is 2.51. The summed E-state index contributed by atoms with van der Waals surface area (Å²) in [7, 11) is 4.80. The summed E-state index contributed by atoms with van der Waals surface area (Å²) in [6.45, 7) is 0. The van der Waals surface area contributed by atoms with Gasteiger partial charge in [0.25, 0.3) is 0 Å². The van der Waals surface area contributed by atoms with Crippen LogP contribution in [-0.2, 0) is 0 Å². The van der Waals surface area contributed by atoms with Gasteiger partial charge in [-0.2, -0.15) is 5.10 Å². The second-order valence-corrected chi connectivity index (χ2v) is 5.37. The first-order chi connectivity index (χ1) is 12.2. The Morgan fingerprint density at radius 2 is 1.76 bits per heavy atom. The van der Waals surface area contributed by atoms with E-state index in [9.17, 15) is 0 Å². The van der Waals surface area contributed by atoms with Crippen LogP contribution in [0.1, 0.15) is 17.4 Å². The maximum absolute atomic E-state index is 6.32. The van der Waals surface area contributed by atoms with Crippen LogP contribution in [0.4, 0.5) is 0 Å². The summed E-state index contributed by atoms with van der Waals surface area (Å²) in [4.78, 5) is 4.51. The molecule has 0 aliphatic carbocycles. The summed E-state index contributed by atoms with van der Waals surface area (Å²) in [5.41, 5.74) is 8.01. The van der Waals surface area contributed by atoms with Crippen molar-refractivity contribution in [2.45, 2.75) is 6.04 Å². The molecule has 25 heavy (non-hydrogen) atoms. The molecule has 3 N–H and O–H groups in total. The fourth-order valence-corrected chi connectivity index (χ4v) is 2.51. The smallest absolute Gasteiger partial charge is 0.181 e. The van der Waals surface area contributed by atoms with Crippen molar-refractivity contribution >= 4 is 0 Å². The molecular weight excluding hydrogens is 320 g/mol. The zero-order valence-corrected chi connectivity index (χ0v) is 14.3. The molecule has 0 fully saturated rings. The topological polar surface area (TPSA) is 95.3 Å². The summed E-state index contributed by atoms with van der Waals surface area (Å²) >= 11 is 0. The lowest BCUT2D eigenvalue weighted by Crippen LogP contribution is -2.14. The number of nitrogens with zero attached hydrogens (tertiary/aromatic N) is 2. The molecule has 0 amide bonds. The molecule has 2 aromatic carbocycles. The highest BCUT2D eigenvalue weighted by molar-refractivity contribution is 5.57. The zero-order chi connectivity index (χ0) is 17.8. The minimum absolute atomic E-state index is 0.466. The predicted molar refractivity (Wildman–Crippen MR) is 93.9 cm³/mol. The average molecular weight is 340 g/mol. The third-order valence-corrected chi connectivity index (χ3v) is 3.89. The molecule has 7 nitrogen and oxygen atoms in total. The van der Waals surface area contributed by atoms with E-state index in [1.165, 1.54) is 0 Å². The summed E-state index contributed by atoms with van der Waals surface area (Å²) in [5, 5.41) is 7.16. The number of hydrogen-bond donors (Lipinski definition) is 2. The van der Waals surface area contributed by atoms with Crippen molar-refractivity contribution in [3.8, 4) is 28.6 Å². The molecule has 1 atom stereocenters. The quantitative estimate of drug-likeness (QED) is 0.716. The Morgan fingerprint density at radius 3 is 2.48 bits per heavy atom. The number of nitrogens with two attached hydrogens (primary N) is 1. The number of aromatic amines is 1. The molecule has 0 spiro atoms. The number of H-pyrrole nitrogens is 1. The van der Waals surface area contributed by atoms with Gasteiger partial charge in [-0.15, -0.1) is 0 Å². The molecule has 130 valence electrons. The van der Waals surface area contributed by atoms with Gasteiger partial charge in [-0.05, 0) is 29.8 Å². The highest BCUT2D eigenvalue weighted by Gasteiger charge is 2.17. The van der Waals surface area contributed by atoms with Crippen LogP contribution in [0, 0.1) is 0 Å². The Morgan fingerprint density at radius 1 is 0.960 bits per heavy atom. The number of rotatable bonds is 6. The van der Waals surface area contributed by atoms with Crippen LogP contribution in [0.25, 0.3) is 11.4 Å². The van der Waals surface area contributed by atoms with Gasteiger partial charge in [0.05, 0.1) is 27.4 Å². The van der Waals surface area contributed by atoms with Gasteiger partial charge in [-0.25, -0.2) is 4.98 Å². The maximum Gasteiger partial charge on any atom is 0.181 e. The predicted octanol–water partition coefficient (Wildman–Crippen LogP) is 2.55. The molecule has 0 aliphatic heterocycles. The Hall–Kier alpha value is -3.06. The molecule has 0 radical (unpaired) electrons. The first-order valence-electron chi connectivity index (χ1n) is 7.70. The van der Waals surface area contributed by atoms with Crippen LogP contribution in [0.5, 0.6) is 17.2 Å². The fraction of sp³-hybridized carbons (Fsp3) is 0.222. The number of ether oxygens (including phenoxy) is 3. The van der Waals surface area contributed by atoms with E-state index in [0.29, 0.717) is 23.1 Å². The number of benzene rings is 2. The SMILES string of the molecule is COc1cccc(-c2n[nH]c([C@@H](N)c3ccc(OC)c(OC)c3)n2)c1. The molecule has 0 aliphatic rings. The van der Waals surface area contributed by atoms with Gasteiger partial charge in [0.15, 0.2) is 17.3 Å². The Labute approximate surface area is 145 Å². The van der Waals surface area contributed by atoms with E-state index in [1.807, 2.05) is 42.5 Å². The average Bonchev–Trinajstić information content (AvgIpc) is 3.17. The lowest BCUT2D eigenvalue weighted by molar-refractivity contribution is 0.354. The van der Waals surface area contributed by atoms with Crippen LogP contribution < -0.4 is 19.9 Å². The molecule has 7 heteroatoms. The van der Waals surface area contributed by atoms with Crippen LogP contribution in [0.15, 0.2) is 42.5 Å². The standard InChI is InChI=1S/C18H20N4O3/c1-23-13-6-4-5-12(9-13)17-20-18(22-21-17)16(19)11-7-8-14(24-2)15(10-11)25-3/h4-10,16H,19H2,1-3H3,(H,20,21,22)/t16-/m0/s1. The third-order valence-electron chi connectivity index (χ3n) is 3.89. The minimum Gasteiger partial charge on any atom is -0.497 e. The maximum atomic E-state index is 6.32. The van der Waals surface area contributed by atoms with E-state index in [2.05, 4.69) is 15.2 Å². The minimum atomic E-state index is -0.466. The molecule has 1 aromatic heterocycles. The van der Waals surface area contributed by atoms with Crippen molar-refractivity contribution in [3.63, 3.8) is 0 Å². The zero-order valence-electron chi connectivity index (χ0n) is 14.3. The first kappa shape index (κ1) is 16.8. The molecule has 0 saturated heterocycles. The summed E-state index contributed by atoms with van der Waals surface area (Å²) < 4.78 is 15.8. The molecule has 1 heterocycles. The van der Waals surface area contributed by atoms with E-state index in [1.54, 1.807) is 21.3 Å². The second kappa shape index (κ2) is 7.23. The first-order valence-corrected chi connectivity index (χ1v) is 7.70. The van der Waals surface area contributed by atoms with Crippen molar-refractivity contribution in [1.82, 2.24) is 15.2 Å². The van der Waals surface area contributed by atoms with Gasteiger partial charge in [0, 0.05) is 5.56 Å². The highest BCUT2D eigenvalue weighted by Crippen LogP contribution is 2.31. The monoisotopic (exact) mass is 340 g/mol. The number of hydrogen-bond acceptors (Lipinski definition) is 6. The van der Waals surface area contributed by atoms with Crippen molar-refractivity contribution in [2.75, 3.05) is 21.3 Å². The highest BCUT2D eigenvalue weighted by atomic mass is 16.5. The summed E-state index contributed by atoms with van der Waals surface area (Å²) in [6.07, 6.45) is 0. The van der Waals surface area contributed by atoms with Gasteiger partial charge in [0.2, 0.25) is 0 Å². The van der Waals surface area contributed by atoms with Crippen LogP contribution in [0.2, 0.25) is 0 Å². The Bertz CT molecular complexity index is 863. The lowest BCUT2D eigenvalue weighted by Gasteiger charge is -2.13. The van der Waals surface area contributed by atoms with Crippen molar-refractivity contribution in [1.29, 1.82) is 0 Å². The van der Waals surface area contributed by atoms with Gasteiger partial charge in [-0.1, -0.05) is 18.2 Å². The van der Waals surface area contributed by atoms with Gasteiger partial charge in [0.1, 0.15) is 11.6 Å². The number of methoxy groups -OCH3 is 3. The largest absolute Gasteiger partial charge is 0.497 e.